The number of hydrogen-bond donors (Lipinski definition) is 1. The van der Waals surface area contributed by atoms with Crippen LogP contribution in [0.3, 0.4) is 0 Å². The second-order valence-electron chi connectivity index (χ2n) is 3.27. The highest BCUT2D eigenvalue weighted by molar-refractivity contribution is 7.89. The summed E-state index contributed by atoms with van der Waals surface area (Å²) in [5.74, 6) is 0.131. The molecule has 1 rings (SSSR count). The van der Waals surface area contributed by atoms with Crippen molar-refractivity contribution in [2.24, 2.45) is 0 Å². The van der Waals surface area contributed by atoms with Gasteiger partial charge in [0.1, 0.15) is 0 Å². The third kappa shape index (κ3) is 2.67. The molecule has 80 valence electrons. The molecule has 0 amide bonds. The Balaban J connectivity index is 2.61. The van der Waals surface area contributed by atoms with Gasteiger partial charge in [0.25, 0.3) is 0 Å². The zero-order valence-corrected chi connectivity index (χ0v) is 9.05. The molecule has 5 nitrogen and oxygen atoms in total. The van der Waals surface area contributed by atoms with Gasteiger partial charge < -0.3 is 5.32 Å². The van der Waals surface area contributed by atoms with Gasteiger partial charge in [-0.2, -0.15) is 9.57 Å². The Bertz CT molecular complexity index is 320. The van der Waals surface area contributed by atoms with E-state index >= 15 is 0 Å². The average molecular weight is 217 g/mol. The maximum Gasteiger partial charge on any atom is 0.213 e. The third-order valence-electron chi connectivity index (χ3n) is 2.31. The van der Waals surface area contributed by atoms with Crippen molar-refractivity contribution >= 4 is 10.0 Å². The van der Waals surface area contributed by atoms with Gasteiger partial charge in [-0.25, -0.2) is 8.42 Å². The fourth-order valence-corrected chi connectivity index (χ4v) is 2.62. The van der Waals surface area contributed by atoms with Gasteiger partial charge in [-0.15, -0.1) is 0 Å². The van der Waals surface area contributed by atoms with Crippen molar-refractivity contribution in [2.75, 3.05) is 25.4 Å². The van der Waals surface area contributed by atoms with Gasteiger partial charge in [0.05, 0.1) is 18.2 Å². The van der Waals surface area contributed by atoms with Crippen LogP contribution in [0.4, 0.5) is 0 Å². The van der Waals surface area contributed by atoms with Gasteiger partial charge in [-0.1, -0.05) is 0 Å². The van der Waals surface area contributed by atoms with Crippen molar-refractivity contribution in [3.63, 3.8) is 0 Å². The van der Waals surface area contributed by atoms with Crippen LogP contribution in [0.2, 0.25) is 0 Å². The van der Waals surface area contributed by atoms with Crippen molar-refractivity contribution in [1.29, 1.82) is 5.26 Å². The minimum absolute atomic E-state index is 0.0184. The molecule has 0 aromatic heterocycles. The average Bonchev–Trinajstić information content (AvgIpc) is 2.19. The van der Waals surface area contributed by atoms with E-state index in [0.717, 1.165) is 0 Å². The van der Waals surface area contributed by atoms with E-state index in [1.807, 2.05) is 6.07 Å². The summed E-state index contributed by atoms with van der Waals surface area (Å²) >= 11 is 0. The van der Waals surface area contributed by atoms with E-state index in [0.29, 0.717) is 26.1 Å². The van der Waals surface area contributed by atoms with Crippen molar-refractivity contribution in [3.8, 4) is 6.07 Å². The lowest BCUT2D eigenvalue weighted by atomic mass is 10.2. The van der Waals surface area contributed by atoms with Crippen LogP contribution >= 0.6 is 0 Å². The standard InChI is InChI=1S/C8H15N3O2S/c1-2-14(12,13)11-6-5-10-8(7-11)3-4-9/h8,10H,2-3,5-7H2,1H3/t8-/m1/s1. The molecule has 0 aromatic rings. The molecule has 0 aliphatic carbocycles. The molecule has 1 N–H and O–H groups in total. The van der Waals surface area contributed by atoms with Crippen LogP contribution in [0.15, 0.2) is 0 Å². The number of nitrogens with one attached hydrogen (secondary N) is 1. The molecule has 1 atom stereocenters. The molecule has 14 heavy (non-hydrogen) atoms. The number of nitriles is 1. The Kier molecular flexibility index (Phi) is 3.86. The van der Waals surface area contributed by atoms with Gasteiger partial charge in [0.2, 0.25) is 10.0 Å². The van der Waals surface area contributed by atoms with Crippen LogP contribution in [0.25, 0.3) is 0 Å². The molecular formula is C8H15N3O2S. The maximum atomic E-state index is 11.5. The number of rotatable bonds is 3. The van der Waals surface area contributed by atoms with Gasteiger partial charge in [-0.05, 0) is 6.92 Å². The molecule has 1 heterocycles. The number of hydrogen-bond acceptors (Lipinski definition) is 4. The molecule has 1 aliphatic heterocycles. The molecule has 0 bridgehead atoms. The van der Waals surface area contributed by atoms with Crippen LogP contribution in [-0.4, -0.2) is 44.2 Å². The first-order chi connectivity index (χ1) is 6.60. The van der Waals surface area contributed by atoms with Crippen molar-refractivity contribution < 1.29 is 8.42 Å². The summed E-state index contributed by atoms with van der Waals surface area (Å²) in [6.45, 7) is 3.20. The van der Waals surface area contributed by atoms with E-state index in [2.05, 4.69) is 5.32 Å². The lowest BCUT2D eigenvalue weighted by molar-refractivity contribution is 0.300. The molecule has 1 saturated heterocycles. The van der Waals surface area contributed by atoms with Gasteiger partial charge in [0.15, 0.2) is 0 Å². The largest absolute Gasteiger partial charge is 0.310 e. The molecule has 1 aliphatic rings. The van der Waals surface area contributed by atoms with E-state index in [-0.39, 0.29) is 11.8 Å². The van der Waals surface area contributed by atoms with E-state index in [9.17, 15) is 8.42 Å². The number of piperazine rings is 1. The number of sulfonamides is 1. The highest BCUT2D eigenvalue weighted by Gasteiger charge is 2.26. The first kappa shape index (κ1) is 11.4. The van der Waals surface area contributed by atoms with Gasteiger partial charge >= 0.3 is 0 Å². The second kappa shape index (κ2) is 4.73. The van der Waals surface area contributed by atoms with Crippen LogP contribution in [0.1, 0.15) is 13.3 Å². The zero-order valence-electron chi connectivity index (χ0n) is 8.23. The Morgan fingerprint density at radius 3 is 2.93 bits per heavy atom. The van der Waals surface area contributed by atoms with Crippen LogP contribution < -0.4 is 5.32 Å². The van der Waals surface area contributed by atoms with E-state index < -0.39 is 10.0 Å². The summed E-state index contributed by atoms with van der Waals surface area (Å²) in [5.41, 5.74) is 0. The molecule has 0 spiro atoms. The predicted molar refractivity (Wildman–Crippen MR) is 53.1 cm³/mol. The van der Waals surface area contributed by atoms with E-state index in [4.69, 9.17) is 5.26 Å². The van der Waals surface area contributed by atoms with Crippen molar-refractivity contribution in [2.45, 2.75) is 19.4 Å². The van der Waals surface area contributed by atoms with Crippen LogP contribution in [-0.2, 0) is 10.0 Å². The van der Waals surface area contributed by atoms with Gasteiger partial charge in [-0.3, -0.25) is 0 Å². The molecule has 0 saturated carbocycles. The fraction of sp³-hybridized carbons (Fsp3) is 0.875. The monoisotopic (exact) mass is 217 g/mol. The lowest BCUT2D eigenvalue weighted by Gasteiger charge is -2.31. The van der Waals surface area contributed by atoms with Crippen LogP contribution in [0, 0.1) is 11.3 Å². The summed E-state index contributed by atoms with van der Waals surface area (Å²) in [5, 5.41) is 11.6. The quantitative estimate of drug-likeness (QED) is 0.693. The van der Waals surface area contributed by atoms with Crippen LogP contribution in [0.5, 0.6) is 0 Å². The highest BCUT2D eigenvalue weighted by Crippen LogP contribution is 2.08. The maximum absolute atomic E-state index is 11.5. The van der Waals surface area contributed by atoms with E-state index in [1.165, 1.54) is 4.31 Å². The summed E-state index contributed by atoms with van der Waals surface area (Å²) in [6, 6.07) is 2.02. The highest BCUT2D eigenvalue weighted by atomic mass is 32.2. The van der Waals surface area contributed by atoms with Crippen molar-refractivity contribution in [3.05, 3.63) is 0 Å². The summed E-state index contributed by atoms with van der Waals surface area (Å²) in [7, 11) is -3.09. The molecule has 0 radical (unpaired) electrons. The fourth-order valence-electron chi connectivity index (χ4n) is 1.48. The molecule has 6 heteroatoms. The predicted octanol–water partition coefficient (Wildman–Crippen LogP) is -0.476. The third-order valence-corrected chi connectivity index (χ3v) is 4.16. The summed E-state index contributed by atoms with van der Waals surface area (Å²) < 4.78 is 24.5. The van der Waals surface area contributed by atoms with Gasteiger partial charge in [0, 0.05) is 25.7 Å². The summed E-state index contributed by atoms with van der Waals surface area (Å²) in [4.78, 5) is 0. The molecule has 0 unspecified atom stereocenters. The number of nitrogens with zero attached hydrogens (tertiary/aromatic N) is 2. The minimum atomic E-state index is -3.09. The van der Waals surface area contributed by atoms with Crippen molar-refractivity contribution in [1.82, 2.24) is 9.62 Å². The second-order valence-corrected chi connectivity index (χ2v) is 5.53. The minimum Gasteiger partial charge on any atom is -0.310 e. The zero-order chi connectivity index (χ0) is 10.6. The smallest absolute Gasteiger partial charge is 0.213 e. The normalized spacial score (nSPS) is 24.4. The Morgan fingerprint density at radius 2 is 2.36 bits per heavy atom. The first-order valence-corrected chi connectivity index (χ1v) is 6.29. The Hall–Kier alpha value is -0.640. The van der Waals surface area contributed by atoms with E-state index in [1.54, 1.807) is 6.92 Å². The Morgan fingerprint density at radius 1 is 1.64 bits per heavy atom. The SMILES string of the molecule is CCS(=O)(=O)N1CCN[C@H](CC#N)C1. The molecular weight excluding hydrogens is 202 g/mol. The molecule has 1 fully saturated rings. The topological polar surface area (TPSA) is 73.2 Å². The lowest BCUT2D eigenvalue weighted by Crippen LogP contribution is -2.52. The Labute approximate surface area is 84.8 Å². The first-order valence-electron chi connectivity index (χ1n) is 4.68. The molecule has 0 aromatic carbocycles. The summed E-state index contributed by atoms with van der Waals surface area (Å²) in [6.07, 6.45) is 0.357.